The number of aliphatic carboxylic acids is 1. The summed E-state index contributed by atoms with van der Waals surface area (Å²) in [5.41, 5.74) is 0. The summed E-state index contributed by atoms with van der Waals surface area (Å²) in [7, 11) is 1.51. The molecule has 0 aromatic carbocycles. The number of amides is 2. The van der Waals surface area contributed by atoms with Crippen LogP contribution in [0.4, 0.5) is 4.79 Å². The third-order valence-electron chi connectivity index (χ3n) is 1.83. The Kier molecular flexibility index (Phi) is 5.16. The minimum absolute atomic E-state index is 0.272. The maximum Gasteiger partial charge on any atom is 0.325 e. The van der Waals surface area contributed by atoms with E-state index in [0.717, 1.165) is 0 Å². The predicted octanol–water partition coefficient (Wildman–Crippen LogP) is 0.261. The number of hydrogen-bond acceptors (Lipinski definition) is 3. The summed E-state index contributed by atoms with van der Waals surface area (Å²) in [6.07, 6.45) is 0. The Hall–Kier alpha value is -1.77. The van der Waals surface area contributed by atoms with E-state index in [0.29, 0.717) is 0 Å². The summed E-state index contributed by atoms with van der Waals surface area (Å²) in [5.74, 6) is -1.37. The third-order valence-corrected chi connectivity index (χ3v) is 1.83. The first-order valence-electron chi connectivity index (χ1n) is 4.52. The summed E-state index contributed by atoms with van der Waals surface area (Å²) in [5, 5.41) is 19.4. The Bertz CT molecular complexity index is 285. The monoisotopic (exact) mass is 213 g/mol. The fourth-order valence-electron chi connectivity index (χ4n) is 0.892. The lowest BCUT2D eigenvalue weighted by Gasteiger charge is -2.20. The number of hydrogen-bond donors (Lipinski definition) is 2. The number of carbonyl (C=O) groups is 2. The Morgan fingerprint density at radius 1 is 1.53 bits per heavy atom. The van der Waals surface area contributed by atoms with Gasteiger partial charge in [0.05, 0.1) is 12.0 Å². The molecule has 0 heterocycles. The van der Waals surface area contributed by atoms with Gasteiger partial charge in [-0.1, -0.05) is 0 Å². The van der Waals surface area contributed by atoms with Gasteiger partial charge in [0.15, 0.2) is 0 Å². The highest BCUT2D eigenvalue weighted by atomic mass is 16.4. The van der Waals surface area contributed by atoms with E-state index in [9.17, 15) is 9.59 Å². The fraction of sp³-hybridized carbons (Fsp3) is 0.667. The zero-order chi connectivity index (χ0) is 12.0. The Labute approximate surface area is 88.5 Å². The lowest BCUT2D eigenvalue weighted by atomic mass is 10.2. The van der Waals surface area contributed by atoms with E-state index in [1.807, 2.05) is 6.07 Å². The normalized spacial score (nSPS) is 13.5. The van der Waals surface area contributed by atoms with Gasteiger partial charge in [0.1, 0.15) is 6.04 Å². The van der Waals surface area contributed by atoms with E-state index >= 15 is 0 Å². The molecule has 84 valence electrons. The van der Waals surface area contributed by atoms with Crippen molar-refractivity contribution in [1.29, 1.82) is 5.26 Å². The first kappa shape index (κ1) is 13.2. The van der Waals surface area contributed by atoms with E-state index in [1.165, 1.54) is 18.9 Å². The molecule has 0 radical (unpaired) electrons. The van der Waals surface area contributed by atoms with E-state index < -0.39 is 18.0 Å². The van der Waals surface area contributed by atoms with Gasteiger partial charge in [-0.15, -0.1) is 0 Å². The number of carbonyl (C=O) groups excluding carboxylic acids is 1. The van der Waals surface area contributed by atoms with Crippen LogP contribution in [-0.2, 0) is 4.79 Å². The van der Waals surface area contributed by atoms with Gasteiger partial charge in [-0.3, -0.25) is 4.79 Å². The summed E-state index contributed by atoms with van der Waals surface area (Å²) in [4.78, 5) is 23.1. The molecule has 0 rings (SSSR count). The number of urea groups is 1. The highest BCUT2D eigenvalue weighted by Gasteiger charge is 2.17. The van der Waals surface area contributed by atoms with Crippen LogP contribution in [0.15, 0.2) is 0 Å². The predicted molar refractivity (Wildman–Crippen MR) is 53.0 cm³/mol. The van der Waals surface area contributed by atoms with Crippen molar-refractivity contribution in [2.24, 2.45) is 5.92 Å². The standard InChI is InChI=1S/C9H15N3O3/c1-6(4-10)5-12(3)9(15)11-7(2)8(13)14/h6-7H,5H2,1-3H3,(H,11,15)(H,13,14)/t6?,7-/m1/s1. The average Bonchev–Trinajstić information content (AvgIpc) is 2.16. The molecule has 2 atom stereocenters. The Morgan fingerprint density at radius 2 is 2.07 bits per heavy atom. The van der Waals surface area contributed by atoms with Crippen molar-refractivity contribution < 1.29 is 14.7 Å². The highest BCUT2D eigenvalue weighted by molar-refractivity contribution is 5.82. The molecule has 15 heavy (non-hydrogen) atoms. The molecule has 0 aliphatic rings. The first-order valence-corrected chi connectivity index (χ1v) is 4.52. The molecule has 6 heteroatoms. The minimum atomic E-state index is -1.09. The van der Waals surface area contributed by atoms with Crippen LogP contribution in [0.25, 0.3) is 0 Å². The molecule has 0 aliphatic heterocycles. The van der Waals surface area contributed by atoms with E-state index in [-0.39, 0.29) is 12.5 Å². The van der Waals surface area contributed by atoms with Crippen molar-refractivity contribution in [3.8, 4) is 6.07 Å². The molecule has 6 nitrogen and oxygen atoms in total. The van der Waals surface area contributed by atoms with Crippen LogP contribution in [0.1, 0.15) is 13.8 Å². The number of nitrogens with one attached hydrogen (secondary N) is 1. The van der Waals surface area contributed by atoms with Crippen molar-refractivity contribution in [3.05, 3.63) is 0 Å². The zero-order valence-corrected chi connectivity index (χ0v) is 9.02. The van der Waals surface area contributed by atoms with Gasteiger partial charge in [-0.25, -0.2) is 4.79 Å². The molecular weight excluding hydrogens is 198 g/mol. The number of nitrogens with zero attached hydrogens (tertiary/aromatic N) is 2. The number of carboxylic acids is 1. The molecule has 0 bridgehead atoms. The van der Waals surface area contributed by atoms with Crippen LogP contribution in [0, 0.1) is 17.2 Å². The van der Waals surface area contributed by atoms with Gasteiger partial charge in [-0.2, -0.15) is 5.26 Å². The molecule has 0 saturated heterocycles. The third kappa shape index (κ3) is 4.86. The summed E-state index contributed by atoms with van der Waals surface area (Å²) >= 11 is 0. The fourth-order valence-corrected chi connectivity index (χ4v) is 0.892. The average molecular weight is 213 g/mol. The maximum absolute atomic E-state index is 11.4. The molecule has 0 aromatic heterocycles. The molecule has 0 spiro atoms. The van der Waals surface area contributed by atoms with Crippen molar-refractivity contribution in [2.75, 3.05) is 13.6 Å². The van der Waals surface area contributed by atoms with Gasteiger partial charge >= 0.3 is 12.0 Å². The van der Waals surface area contributed by atoms with Crippen LogP contribution in [0.5, 0.6) is 0 Å². The Balaban J connectivity index is 4.11. The van der Waals surface area contributed by atoms with Crippen molar-refractivity contribution in [2.45, 2.75) is 19.9 Å². The second-order valence-electron chi connectivity index (χ2n) is 3.42. The number of carboxylic acid groups (broad SMARTS) is 1. The maximum atomic E-state index is 11.4. The largest absolute Gasteiger partial charge is 0.480 e. The second-order valence-corrected chi connectivity index (χ2v) is 3.42. The molecule has 0 fully saturated rings. The summed E-state index contributed by atoms with van der Waals surface area (Å²) in [6, 6.07) is 0.562. The van der Waals surface area contributed by atoms with Crippen LogP contribution in [-0.4, -0.2) is 41.6 Å². The van der Waals surface area contributed by atoms with Crippen LogP contribution >= 0.6 is 0 Å². The van der Waals surface area contributed by atoms with Gasteiger partial charge in [0.2, 0.25) is 0 Å². The molecule has 0 aromatic rings. The van der Waals surface area contributed by atoms with Crippen molar-refractivity contribution in [3.63, 3.8) is 0 Å². The van der Waals surface area contributed by atoms with E-state index in [1.54, 1.807) is 6.92 Å². The van der Waals surface area contributed by atoms with Gasteiger partial charge in [-0.05, 0) is 13.8 Å². The second kappa shape index (κ2) is 5.86. The quantitative estimate of drug-likeness (QED) is 0.700. The van der Waals surface area contributed by atoms with E-state index in [4.69, 9.17) is 10.4 Å². The Morgan fingerprint density at radius 3 is 2.47 bits per heavy atom. The smallest absolute Gasteiger partial charge is 0.325 e. The van der Waals surface area contributed by atoms with Crippen LogP contribution in [0.3, 0.4) is 0 Å². The topological polar surface area (TPSA) is 93.4 Å². The van der Waals surface area contributed by atoms with Gasteiger partial charge in [0, 0.05) is 13.6 Å². The lowest BCUT2D eigenvalue weighted by Crippen LogP contribution is -2.46. The molecule has 2 N–H and O–H groups in total. The van der Waals surface area contributed by atoms with Crippen LogP contribution < -0.4 is 5.32 Å². The first-order chi connectivity index (χ1) is 6.88. The number of rotatable bonds is 4. The molecular formula is C9H15N3O3. The highest BCUT2D eigenvalue weighted by Crippen LogP contribution is 1.96. The van der Waals surface area contributed by atoms with Crippen LogP contribution in [0.2, 0.25) is 0 Å². The van der Waals surface area contributed by atoms with Crippen molar-refractivity contribution in [1.82, 2.24) is 10.2 Å². The molecule has 0 aliphatic carbocycles. The molecule has 2 amide bonds. The van der Waals surface area contributed by atoms with E-state index in [2.05, 4.69) is 5.32 Å². The SMILES string of the molecule is CC(C#N)CN(C)C(=O)N[C@H](C)C(=O)O. The zero-order valence-electron chi connectivity index (χ0n) is 9.02. The summed E-state index contributed by atoms with van der Waals surface area (Å²) in [6.45, 7) is 3.33. The van der Waals surface area contributed by atoms with Gasteiger partial charge in [0.25, 0.3) is 0 Å². The number of nitriles is 1. The lowest BCUT2D eigenvalue weighted by molar-refractivity contribution is -0.138. The van der Waals surface area contributed by atoms with Gasteiger partial charge < -0.3 is 15.3 Å². The molecule has 1 unspecified atom stereocenters. The molecule has 0 saturated carbocycles. The minimum Gasteiger partial charge on any atom is -0.480 e. The summed E-state index contributed by atoms with van der Waals surface area (Å²) < 4.78 is 0. The van der Waals surface area contributed by atoms with Crippen molar-refractivity contribution >= 4 is 12.0 Å².